The molecule has 1 aromatic rings. The molecule has 0 spiro atoms. The lowest BCUT2D eigenvalue weighted by molar-refractivity contribution is -0.209. The first-order valence-electron chi connectivity index (χ1n) is 10.1. The molecule has 2 atom stereocenters. The number of aliphatic hydroxyl groups excluding tert-OH is 1. The second kappa shape index (κ2) is 12.9. The van der Waals surface area contributed by atoms with E-state index in [-0.39, 0.29) is 30.0 Å². The zero-order chi connectivity index (χ0) is 21.1. The van der Waals surface area contributed by atoms with Crippen LogP contribution in [0, 0.1) is 5.92 Å². The number of hydrogen-bond donors (Lipinski definition) is 2. The van der Waals surface area contributed by atoms with Crippen LogP contribution in [-0.2, 0) is 9.63 Å². The molecular formula is C20H34N2O5S. The van der Waals surface area contributed by atoms with Crippen molar-refractivity contribution in [2.24, 2.45) is 5.92 Å². The van der Waals surface area contributed by atoms with Crippen LogP contribution in [0.4, 0.5) is 0 Å². The van der Waals surface area contributed by atoms with Gasteiger partial charge in [0.15, 0.2) is 5.69 Å². The maximum Gasteiger partial charge on any atom is 0.355 e. The monoisotopic (exact) mass is 414 g/mol. The van der Waals surface area contributed by atoms with E-state index in [1.165, 1.54) is 10.4 Å². The van der Waals surface area contributed by atoms with Gasteiger partial charge in [-0.15, -0.1) is 11.3 Å². The van der Waals surface area contributed by atoms with Crippen LogP contribution >= 0.6 is 11.3 Å². The van der Waals surface area contributed by atoms with Crippen LogP contribution in [0.5, 0.6) is 0 Å². The number of hydroxylamine groups is 2. The Morgan fingerprint density at radius 2 is 1.89 bits per heavy atom. The molecule has 160 valence electrons. The van der Waals surface area contributed by atoms with E-state index in [9.17, 15) is 14.7 Å². The molecular weight excluding hydrogens is 380 g/mol. The molecule has 28 heavy (non-hydrogen) atoms. The number of amides is 1. The number of aromatic carboxylic acids is 1. The highest BCUT2D eigenvalue weighted by atomic mass is 32.1. The average molecular weight is 415 g/mol. The maximum absolute atomic E-state index is 12.8. The maximum atomic E-state index is 12.8. The third-order valence-electron chi connectivity index (χ3n) is 4.53. The van der Waals surface area contributed by atoms with Gasteiger partial charge in [-0.05, 0) is 18.8 Å². The van der Waals surface area contributed by atoms with Crippen molar-refractivity contribution in [1.82, 2.24) is 10.0 Å². The Balaban J connectivity index is 2.91. The van der Waals surface area contributed by atoms with Gasteiger partial charge in [-0.25, -0.2) is 14.8 Å². The number of carboxylic acids is 1. The zero-order valence-corrected chi connectivity index (χ0v) is 18.2. The molecule has 0 saturated heterocycles. The molecule has 0 aromatic carbocycles. The largest absolute Gasteiger partial charge is 0.476 e. The summed E-state index contributed by atoms with van der Waals surface area (Å²) in [5.41, 5.74) is -0.0770. The fourth-order valence-electron chi connectivity index (χ4n) is 2.81. The smallest absolute Gasteiger partial charge is 0.355 e. The molecule has 2 unspecified atom stereocenters. The number of unbranched alkanes of at least 4 members (excludes halogenated alkanes) is 3. The van der Waals surface area contributed by atoms with E-state index in [1.807, 2.05) is 20.8 Å². The Hall–Kier alpha value is -1.51. The number of rotatable bonds is 14. The predicted molar refractivity (Wildman–Crippen MR) is 109 cm³/mol. The van der Waals surface area contributed by atoms with E-state index in [0.29, 0.717) is 18.0 Å². The van der Waals surface area contributed by atoms with Crippen molar-refractivity contribution in [2.75, 3.05) is 6.61 Å². The van der Waals surface area contributed by atoms with E-state index in [2.05, 4.69) is 11.9 Å². The van der Waals surface area contributed by atoms with Gasteiger partial charge in [0.2, 0.25) is 5.91 Å². The Morgan fingerprint density at radius 3 is 2.43 bits per heavy atom. The summed E-state index contributed by atoms with van der Waals surface area (Å²) in [4.78, 5) is 33.6. The number of nitrogens with zero attached hydrogens (tertiary/aromatic N) is 2. The highest BCUT2D eigenvalue weighted by molar-refractivity contribution is 7.09. The highest BCUT2D eigenvalue weighted by Crippen LogP contribution is 2.28. The Labute approximate surface area is 171 Å². The van der Waals surface area contributed by atoms with Gasteiger partial charge in [-0.2, -0.15) is 0 Å². The molecule has 1 aromatic heterocycles. The van der Waals surface area contributed by atoms with Crippen molar-refractivity contribution < 1.29 is 24.6 Å². The molecule has 1 heterocycles. The van der Waals surface area contributed by atoms with Gasteiger partial charge in [0, 0.05) is 18.2 Å². The van der Waals surface area contributed by atoms with Crippen LogP contribution in [0.2, 0.25) is 0 Å². The van der Waals surface area contributed by atoms with E-state index < -0.39 is 12.1 Å². The minimum absolute atomic E-state index is 0.0605. The number of carbonyl (C=O) groups excluding carboxylic acids is 1. The quantitative estimate of drug-likeness (QED) is 0.345. The van der Waals surface area contributed by atoms with Gasteiger partial charge in [0.05, 0.1) is 12.6 Å². The van der Waals surface area contributed by atoms with Crippen LogP contribution in [0.25, 0.3) is 0 Å². The fourth-order valence-corrected chi connectivity index (χ4v) is 3.60. The van der Waals surface area contributed by atoms with Crippen LogP contribution in [0.3, 0.4) is 0 Å². The zero-order valence-electron chi connectivity index (χ0n) is 17.4. The lowest BCUT2D eigenvalue weighted by Crippen LogP contribution is -2.44. The predicted octanol–water partition coefficient (Wildman–Crippen LogP) is 4.43. The van der Waals surface area contributed by atoms with Gasteiger partial charge >= 0.3 is 5.97 Å². The fraction of sp³-hybridized carbons (Fsp3) is 0.750. The number of aliphatic hydroxyl groups is 1. The van der Waals surface area contributed by atoms with Crippen LogP contribution in [0.1, 0.15) is 94.2 Å². The molecule has 2 N–H and O–H groups in total. The molecule has 0 aliphatic rings. The second-order valence-corrected chi connectivity index (χ2v) is 8.19. The summed E-state index contributed by atoms with van der Waals surface area (Å²) in [7, 11) is 0. The first kappa shape index (κ1) is 24.5. The van der Waals surface area contributed by atoms with Crippen molar-refractivity contribution in [3.63, 3.8) is 0 Å². The normalized spacial score (nSPS) is 13.5. The summed E-state index contributed by atoms with van der Waals surface area (Å²) in [6.45, 7) is 8.57. The molecule has 7 nitrogen and oxygen atoms in total. The standard InChI is InChI=1S/C20H34N2O5S/c1-5-7-9-11-27-22(18(24)10-8-6-2)16(14(3)4)12-17(23)19-21-15(13-28-19)20(25)26/h13-14,16-17,23H,5-12H2,1-4H3,(H,25,26). The molecule has 1 rings (SSSR count). The number of aromatic nitrogens is 1. The van der Waals surface area contributed by atoms with Crippen molar-refractivity contribution >= 4 is 23.2 Å². The summed E-state index contributed by atoms with van der Waals surface area (Å²) < 4.78 is 0. The van der Waals surface area contributed by atoms with Crippen LogP contribution < -0.4 is 0 Å². The topological polar surface area (TPSA) is 100.0 Å². The summed E-state index contributed by atoms with van der Waals surface area (Å²) in [6.07, 6.45) is 4.37. The second-order valence-electron chi connectivity index (χ2n) is 7.30. The van der Waals surface area contributed by atoms with E-state index in [1.54, 1.807) is 0 Å². The Kier molecular flexibility index (Phi) is 11.3. The summed E-state index contributed by atoms with van der Waals surface area (Å²) in [5, 5.41) is 22.8. The van der Waals surface area contributed by atoms with Crippen molar-refractivity contribution in [1.29, 1.82) is 0 Å². The molecule has 0 radical (unpaired) electrons. The lowest BCUT2D eigenvalue weighted by atomic mass is 9.97. The van der Waals surface area contributed by atoms with Crippen molar-refractivity contribution in [2.45, 2.75) is 84.8 Å². The lowest BCUT2D eigenvalue weighted by Gasteiger charge is -2.34. The highest BCUT2D eigenvalue weighted by Gasteiger charge is 2.31. The van der Waals surface area contributed by atoms with E-state index >= 15 is 0 Å². The van der Waals surface area contributed by atoms with Crippen molar-refractivity contribution in [3.8, 4) is 0 Å². The number of hydrogen-bond acceptors (Lipinski definition) is 6. The van der Waals surface area contributed by atoms with E-state index in [0.717, 1.165) is 43.4 Å². The van der Waals surface area contributed by atoms with Gasteiger partial charge in [-0.3, -0.25) is 9.63 Å². The van der Waals surface area contributed by atoms with Gasteiger partial charge in [0.25, 0.3) is 0 Å². The number of thiazole rings is 1. The summed E-state index contributed by atoms with van der Waals surface area (Å²) in [5.74, 6) is -1.13. The minimum atomic E-state index is -1.12. The van der Waals surface area contributed by atoms with Crippen molar-refractivity contribution in [3.05, 3.63) is 16.1 Å². The van der Waals surface area contributed by atoms with Crippen LogP contribution in [-0.4, -0.2) is 44.8 Å². The van der Waals surface area contributed by atoms with E-state index in [4.69, 9.17) is 9.94 Å². The Bertz CT molecular complexity index is 605. The van der Waals surface area contributed by atoms with Crippen LogP contribution in [0.15, 0.2) is 5.38 Å². The van der Waals surface area contributed by atoms with Gasteiger partial charge in [-0.1, -0.05) is 47.0 Å². The molecule has 0 bridgehead atoms. The molecule has 0 aliphatic heterocycles. The molecule has 0 fully saturated rings. The third-order valence-corrected chi connectivity index (χ3v) is 5.48. The van der Waals surface area contributed by atoms with Gasteiger partial charge < -0.3 is 10.2 Å². The number of carboxylic acid groups (broad SMARTS) is 1. The summed E-state index contributed by atoms with van der Waals surface area (Å²) >= 11 is 1.11. The SMILES string of the molecule is CCCCCON(C(=O)CCCC)C(CC(O)c1nc(C(=O)O)cs1)C(C)C. The first-order valence-corrected chi connectivity index (χ1v) is 11.0. The third kappa shape index (κ3) is 7.85. The van der Waals surface area contributed by atoms with Gasteiger partial charge in [0.1, 0.15) is 11.1 Å². The molecule has 1 amide bonds. The molecule has 8 heteroatoms. The minimum Gasteiger partial charge on any atom is -0.476 e. The Morgan fingerprint density at radius 1 is 1.21 bits per heavy atom. The summed E-state index contributed by atoms with van der Waals surface area (Å²) in [6, 6.07) is -0.321. The average Bonchev–Trinajstić information content (AvgIpc) is 3.15. The first-order chi connectivity index (χ1) is 13.3. The number of carbonyl (C=O) groups is 2. The molecule has 0 aliphatic carbocycles. The molecule has 0 saturated carbocycles.